The van der Waals surface area contributed by atoms with Crippen LogP contribution in [-0.4, -0.2) is 35.5 Å². The van der Waals surface area contributed by atoms with Gasteiger partial charge in [0.15, 0.2) is 17.0 Å². The van der Waals surface area contributed by atoms with Gasteiger partial charge in [0.2, 0.25) is 0 Å². The molecule has 4 N–H and O–H groups in total. The fraction of sp³-hybridized carbons (Fsp3) is 0.421. The minimum Gasteiger partial charge on any atom is -0.382 e. The average Bonchev–Trinajstić information content (AvgIpc) is 3.06. The number of nitrogens with zero attached hydrogens (tertiary/aromatic N) is 4. The molecule has 0 unspecified atom stereocenters. The number of rotatable bonds is 7. The molecule has 0 atom stereocenters. The Hall–Kier alpha value is -2.28. The van der Waals surface area contributed by atoms with Crippen LogP contribution in [0.4, 0.5) is 5.82 Å². The molecule has 0 aromatic carbocycles. The lowest BCUT2D eigenvalue weighted by Gasteiger charge is -2.27. The summed E-state index contributed by atoms with van der Waals surface area (Å²) in [6, 6.07) is 0. The van der Waals surface area contributed by atoms with Crippen LogP contribution in [-0.2, 0) is 4.57 Å². The van der Waals surface area contributed by atoms with Crippen molar-refractivity contribution in [1.29, 1.82) is 0 Å². The quantitative estimate of drug-likeness (QED) is 0.478. The number of imidazole rings is 1. The molecule has 1 saturated carbocycles. The molecule has 0 spiro atoms. The molecule has 3 rings (SSSR count). The van der Waals surface area contributed by atoms with E-state index in [-0.39, 0.29) is 12.1 Å². The molecule has 9 heteroatoms. The van der Waals surface area contributed by atoms with Crippen LogP contribution in [0.1, 0.15) is 32.1 Å². The Balaban J connectivity index is 1.63. The molecular formula is C19H26N5O3P. The van der Waals surface area contributed by atoms with Crippen LogP contribution in [0.15, 0.2) is 43.5 Å². The first-order chi connectivity index (χ1) is 13.4. The normalized spacial score (nSPS) is 21.4. The van der Waals surface area contributed by atoms with Crippen molar-refractivity contribution in [3.8, 4) is 0 Å². The summed E-state index contributed by atoms with van der Waals surface area (Å²) in [7, 11) is -3.91. The number of anilines is 1. The van der Waals surface area contributed by atoms with Gasteiger partial charge in [-0.05, 0) is 56.1 Å². The molecule has 1 aliphatic carbocycles. The highest BCUT2D eigenvalue weighted by molar-refractivity contribution is 7.51. The summed E-state index contributed by atoms with van der Waals surface area (Å²) in [6.07, 6.45) is 15.5. The van der Waals surface area contributed by atoms with Crippen molar-refractivity contribution in [1.82, 2.24) is 19.5 Å². The van der Waals surface area contributed by atoms with Crippen molar-refractivity contribution >= 4 is 30.3 Å². The summed E-state index contributed by atoms with van der Waals surface area (Å²) < 4.78 is 13.0. The van der Waals surface area contributed by atoms with E-state index in [2.05, 4.69) is 27.6 Å². The van der Waals surface area contributed by atoms with Gasteiger partial charge in [-0.25, -0.2) is 15.0 Å². The number of fused-ring (bicyclic) bond motifs is 1. The SMILES string of the molecule is C=C/C=C(\C=C/CC1CCC(CP(=O)(O)O)CC1)n1cnc2c(N)ncnc21. The minimum absolute atomic E-state index is 0.0144. The Morgan fingerprint density at radius 1 is 1.25 bits per heavy atom. The molecule has 0 saturated heterocycles. The van der Waals surface area contributed by atoms with Crippen LogP contribution in [0, 0.1) is 11.8 Å². The lowest BCUT2D eigenvalue weighted by Crippen LogP contribution is -2.17. The predicted molar refractivity (Wildman–Crippen MR) is 110 cm³/mol. The number of hydrogen-bond acceptors (Lipinski definition) is 5. The molecule has 1 fully saturated rings. The van der Waals surface area contributed by atoms with Gasteiger partial charge in [-0.15, -0.1) is 0 Å². The summed E-state index contributed by atoms with van der Waals surface area (Å²) >= 11 is 0. The largest absolute Gasteiger partial charge is 0.382 e. The number of nitrogen functional groups attached to an aromatic ring is 1. The van der Waals surface area contributed by atoms with Crippen LogP contribution in [0.3, 0.4) is 0 Å². The molecule has 0 aliphatic heterocycles. The summed E-state index contributed by atoms with van der Waals surface area (Å²) in [4.78, 5) is 30.8. The van der Waals surface area contributed by atoms with Gasteiger partial charge in [0.05, 0.1) is 6.16 Å². The maximum Gasteiger partial charge on any atom is 0.325 e. The maximum absolute atomic E-state index is 11.2. The summed E-state index contributed by atoms with van der Waals surface area (Å²) in [5, 5.41) is 0. The monoisotopic (exact) mass is 403 g/mol. The van der Waals surface area contributed by atoms with Crippen LogP contribution < -0.4 is 5.73 Å². The van der Waals surface area contributed by atoms with Gasteiger partial charge in [0.25, 0.3) is 0 Å². The van der Waals surface area contributed by atoms with E-state index in [9.17, 15) is 4.57 Å². The van der Waals surface area contributed by atoms with Crippen molar-refractivity contribution in [2.75, 3.05) is 11.9 Å². The molecule has 28 heavy (non-hydrogen) atoms. The second-order valence-electron chi connectivity index (χ2n) is 7.25. The number of aromatic nitrogens is 4. The Bertz CT molecular complexity index is 938. The van der Waals surface area contributed by atoms with Crippen molar-refractivity contribution in [2.24, 2.45) is 11.8 Å². The van der Waals surface area contributed by atoms with Gasteiger partial charge in [-0.3, -0.25) is 9.13 Å². The minimum atomic E-state index is -3.91. The zero-order valence-electron chi connectivity index (χ0n) is 15.7. The third-order valence-corrected chi connectivity index (χ3v) is 6.14. The third-order valence-electron chi connectivity index (χ3n) is 5.15. The van der Waals surface area contributed by atoms with Gasteiger partial charge >= 0.3 is 7.60 Å². The molecule has 2 heterocycles. The molecule has 150 valence electrons. The number of allylic oxidation sites excluding steroid dienone is 5. The third kappa shape index (κ3) is 5.16. The van der Waals surface area contributed by atoms with E-state index < -0.39 is 7.60 Å². The fourth-order valence-electron chi connectivity index (χ4n) is 3.75. The van der Waals surface area contributed by atoms with Crippen molar-refractivity contribution in [3.05, 3.63) is 43.5 Å². The van der Waals surface area contributed by atoms with Gasteiger partial charge in [-0.2, -0.15) is 0 Å². The second kappa shape index (κ2) is 8.82. The van der Waals surface area contributed by atoms with Crippen LogP contribution in [0.2, 0.25) is 0 Å². The number of nitrogens with two attached hydrogens (primary N) is 1. The van der Waals surface area contributed by atoms with E-state index in [1.807, 2.05) is 16.7 Å². The topological polar surface area (TPSA) is 127 Å². The first-order valence-electron chi connectivity index (χ1n) is 9.35. The maximum atomic E-state index is 11.2. The van der Waals surface area contributed by atoms with Crippen LogP contribution >= 0.6 is 7.60 Å². The van der Waals surface area contributed by atoms with Crippen molar-refractivity contribution < 1.29 is 14.4 Å². The molecule has 2 aromatic heterocycles. The summed E-state index contributed by atoms with van der Waals surface area (Å²) in [5.74, 6) is 1.02. The average molecular weight is 403 g/mol. The van der Waals surface area contributed by atoms with Crippen LogP contribution in [0.25, 0.3) is 16.9 Å². The molecule has 0 radical (unpaired) electrons. The first kappa shape index (κ1) is 20.5. The van der Waals surface area contributed by atoms with E-state index in [0.29, 0.717) is 22.9 Å². The highest BCUT2D eigenvalue weighted by Gasteiger charge is 2.26. The van der Waals surface area contributed by atoms with Gasteiger partial charge in [-0.1, -0.05) is 18.7 Å². The molecular weight excluding hydrogens is 377 g/mol. The Morgan fingerprint density at radius 2 is 1.96 bits per heavy atom. The zero-order valence-corrected chi connectivity index (χ0v) is 16.6. The van der Waals surface area contributed by atoms with E-state index in [1.54, 1.807) is 12.4 Å². The standard InChI is InChI=1S/C19H26N5O3P/c1-2-4-16(24-13-23-17-18(20)21-12-22-19(17)24)6-3-5-14-7-9-15(10-8-14)11-28(25,26)27/h2-4,6,12-15H,1,5,7-11H2,(H2,20,21,22)(H2,25,26,27)/b6-3-,16-4+. The van der Waals surface area contributed by atoms with Crippen molar-refractivity contribution in [2.45, 2.75) is 32.1 Å². The highest BCUT2D eigenvalue weighted by atomic mass is 31.2. The summed E-state index contributed by atoms with van der Waals surface area (Å²) in [6.45, 7) is 3.78. The zero-order chi connectivity index (χ0) is 20.1. The Morgan fingerprint density at radius 3 is 2.64 bits per heavy atom. The predicted octanol–water partition coefficient (Wildman–Crippen LogP) is 3.37. The van der Waals surface area contributed by atoms with Gasteiger partial charge < -0.3 is 15.5 Å². The lowest BCUT2D eigenvalue weighted by molar-refractivity contribution is 0.278. The smallest absolute Gasteiger partial charge is 0.325 e. The highest BCUT2D eigenvalue weighted by Crippen LogP contribution is 2.42. The van der Waals surface area contributed by atoms with Crippen molar-refractivity contribution in [3.63, 3.8) is 0 Å². The molecule has 8 nitrogen and oxygen atoms in total. The van der Waals surface area contributed by atoms with Crippen LogP contribution in [0.5, 0.6) is 0 Å². The van der Waals surface area contributed by atoms with E-state index in [0.717, 1.165) is 37.8 Å². The molecule has 0 bridgehead atoms. The van der Waals surface area contributed by atoms with Gasteiger partial charge in [0.1, 0.15) is 12.7 Å². The Labute approximate surface area is 164 Å². The molecule has 2 aromatic rings. The molecule has 1 aliphatic rings. The lowest BCUT2D eigenvalue weighted by atomic mass is 9.81. The van der Waals surface area contributed by atoms with E-state index in [4.69, 9.17) is 15.5 Å². The first-order valence-corrected chi connectivity index (χ1v) is 11.1. The van der Waals surface area contributed by atoms with E-state index >= 15 is 0 Å². The molecule has 0 amide bonds. The fourth-order valence-corrected chi connectivity index (χ4v) is 4.78. The second-order valence-corrected chi connectivity index (χ2v) is 8.94. The Kier molecular flexibility index (Phi) is 6.44. The number of hydrogen-bond donors (Lipinski definition) is 3. The summed E-state index contributed by atoms with van der Waals surface area (Å²) in [5.41, 5.74) is 7.94. The van der Waals surface area contributed by atoms with E-state index in [1.165, 1.54) is 6.33 Å². The van der Waals surface area contributed by atoms with Gasteiger partial charge in [0, 0.05) is 5.70 Å².